The number of aliphatic hydroxyl groups excluding tert-OH is 1. The second-order valence-electron chi connectivity index (χ2n) is 4.87. The third-order valence-corrected chi connectivity index (χ3v) is 2.64. The van der Waals surface area contributed by atoms with Crippen molar-refractivity contribution in [2.75, 3.05) is 13.2 Å². The Labute approximate surface area is 91.9 Å². The Morgan fingerprint density at radius 1 is 1.20 bits per heavy atom. The van der Waals surface area contributed by atoms with Gasteiger partial charge in [-0.25, -0.2) is 0 Å². The number of hydrogen-bond acceptors (Lipinski definition) is 2. The molecule has 0 saturated heterocycles. The molecule has 0 amide bonds. The van der Waals surface area contributed by atoms with Crippen LogP contribution in [-0.4, -0.2) is 18.3 Å². The largest absolute Gasteiger partial charge is 0.493 e. The predicted octanol–water partition coefficient (Wildman–Crippen LogP) is 2.72. The summed E-state index contributed by atoms with van der Waals surface area (Å²) < 4.78 is 5.63. The molecule has 1 rings (SSSR count). The highest BCUT2D eigenvalue weighted by molar-refractivity contribution is 5.20. The Balaban J connectivity index is 2.49. The van der Waals surface area contributed by atoms with Crippen LogP contribution in [0.15, 0.2) is 30.3 Å². The Morgan fingerprint density at radius 2 is 1.80 bits per heavy atom. The zero-order chi connectivity index (χ0) is 11.3. The average molecular weight is 208 g/mol. The summed E-state index contributed by atoms with van der Waals surface area (Å²) in [6, 6.07) is 9.70. The number of para-hydroxylation sites is 1. The molecule has 1 aromatic carbocycles. The van der Waals surface area contributed by atoms with Crippen LogP contribution in [0, 0.1) is 11.3 Å². The monoisotopic (exact) mass is 208 g/mol. The van der Waals surface area contributed by atoms with Gasteiger partial charge in [0.2, 0.25) is 0 Å². The van der Waals surface area contributed by atoms with Gasteiger partial charge in [0, 0.05) is 12.5 Å². The van der Waals surface area contributed by atoms with E-state index in [-0.39, 0.29) is 17.9 Å². The molecule has 0 aliphatic rings. The van der Waals surface area contributed by atoms with Gasteiger partial charge in [0.05, 0.1) is 6.61 Å². The van der Waals surface area contributed by atoms with Crippen LogP contribution in [0.1, 0.15) is 20.8 Å². The molecule has 0 spiro atoms. The van der Waals surface area contributed by atoms with Crippen LogP contribution in [0.4, 0.5) is 0 Å². The predicted molar refractivity (Wildman–Crippen MR) is 62.0 cm³/mol. The van der Waals surface area contributed by atoms with E-state index < -0.39 is 0 Å². The first-order chi connectivity index (χ1) is 7.04. The van der Waals surface area contributed by atoms with Gasteiger partial charge in [-0.1, -0.05) is 39.0 Å². The summed E-state index contributed by atoms with van der Waals surface area (Å²) in [5.74, 6) is 1.03. The average Bonchev–Trinajstić information content (AvgIpc) is 2.18. The summed E-state index contributed by atoms with van der Waals surface area (Å²) in [6.07, 6.45) is 0. The van der Waals surface area contributed by atoms with Crippen molar-refractivity contribution in [3.05, 3.63) is 30.3 Å². The quantitative estimate of drug-likeness (QED) is 0.824. The van der Waals surface area contributed by atoms with Crippen molar-refractivity contribution in [3.8, 4) is 5.75 Å². The van der Waals surface area contributed by atoms with Crippen molar-refractivity contribution in [1.82, 2.24) is 0 Å². The van der Waals surface area contributed by atoms with Crippen molar-refractivity contribution < 1.29 is 9.84 Å². The second-order valence-corrected chi connectivity index (χ2v) is 4.87. The molecular formula is C13H20O2. The van der Waals surface area contributed by atoms with Crippen LogP contribution in [0.25, 0.3) is 0 Å². The van der Waals surface area contributed by atoms with Crippen molar-refractivity contribution in [3.63, 3.8) is 0 Å². The van der Waals surface area contributed by atoms with Crippen LogP contribution >= 0.6 is 0 Å². The van der Waals surface area contributed by atoms with E-state index in [0.717, 1.165) is 5.75 Å². The lowest BCUT2D eigenvalue weighted by Gasteiger charge is -2.28. The van der Waals surface area contributed by atoms with E-state index in [1.165, 1.54) is 0 Å². The molecule has 1 atom stereocenters. The minimum Gasteiger partial charge on any atom is -0.493 e. The molecule has 1 N–H and O–H groups in total. The van der Waals surface area contributed by atoms with Crippen molar-refractivity contribution in [2.24, 2.45) is 11.3 Å². The first kappa shape index (κ1) is 12.1. The van der Waals surface area contributed by atoms with Gasteiger partial charge in [-0.15, -0.1) is 0 Å². The highest BCUT2D eigenvalue weighted by atomic mass is 16.5. The fourth-order valence-electron chi connectivity index (χ4n) is 1.29. The third-order valence-electron chi connectivity index (χ3n) is 2.64. The molecule has 1 unspecified atom stereocenters. The van der Waals surface area contributed by atoms with Gasteiger partial charge < -0.3 is 9.84 Å². The number of rotatable bonds is 4. The fourth-order valence-corrected chi connectivity index (χ4v) is 1.29. The third kappa shape index (κ3) is 3.92. The van der Waals surface area contributed by atoms with Crippen LogP contribution in [0.5, 0.6) is 5.75 Å². The number of benzene rings is 1. The van der Waals surface area contributed by atoms with E-state index in [4.69, 9.17) is 4.74 Å². The van der Waals surface area contributed by atoms with Gasteiger partial charge in [-0.05, 0) is 17.5 Å². The van der Waals surface area contributed by atoms with Gasteiger partial charge in [0.1, 0.15) is 5.75 Å². The lowest BCUT2D eigenvalue weighted by molar-refractivity contribution is 0.0818. The molecule has 0 aromatic heterocycles. The van der Waals surface area contributed by atoms with E-state index in [9.17, 15) is 5.11 Å². The molecular weight excluding hydrogens is 188 g/mol. The van der Waals surface area contributed by atoms with Gasteiger partial charge in [0.15, 0.2) is 0 Å². The molecule has 2 nitrogen and oxygen atoms in total. The molecule has 2 heteroatoms. The molecule has 1 aromatic rings. The van der Waals surface area contributed by atoms with Gasteiger partial charge in [-0.3, -0.25) is 0 Å². The first-order valence-electron chi connectivity index (χ1n) is 5.32. The lowest BCUT2D eigenvalue weighted by Crippen LogP contribution is -2.29. The van der Waals surface area contributed by atoms with E-state index in [1.54, 1.807) is 0 Å². The van der Waals surface area contributed by atoms with E-state index in [0.29, 0.717) is 6.61 Å². The number of aliphatic hydroxyl groups is 1. The Hall–Kier alpha value is -1.02. The summed E-state index contributed by atoms with van der Waals surface area (Å²) in [6.45, 7) is 7.06. The number of hydrogen-bond donors (Lipinski definition) is 1. The zero-order valence-electron chi connectivity index (χ0n) is 9.73. The SMILES string of the molecule is CC(C)(C)C(CO)COc1ccccc1. The van der Waals surface area contributed by atoms with Gasteiger partial charge in [0.25, 0.3) is 0 Å². The maximum atomic E-state index is 9.26. The molecule has 0 saturated carbocycles. The molecule has 0 aliphatic carbocycles. The topological polar surface area (TPSA) is 29.5 Å². The lowest BCUT2D eigenvalue weighted by atomic mass is 9.82. The zero-order valence-corrected chi connectivity index (χ0v) is 9.73. The summed E-state index contributed by atoms with van der Waals surface area (Å²) in [5.41, 5.74) is 0.0729. The minimum atomic E-state index is 0.0729. The fraction of sp³-hybridized carbons (Fsp3) is 0.538. The highest BCUT2D eigenvalue weighted by Gasteiger charge is 2.24. The standard InChI is InChI=1S/C13H20O2/c1-13(2,3)11(9-14)10-15-12-7-5-4-6-8-12/h4-8,11,14H,9-10H2,1-3H3. The Kier molecular flexibility index (Phi) is 4.15. The van der Waals surface area contributed by atoms with Crippen LogP contribution in [0.3, 0.4) is 0 Å². The molecule has 0 fully saturated rings. The van der Waals surface area contributed by atoms with Gasteiger partial charge >= 0.3 is 0 Å². The molecule has 0 heterocycles. The first-order valence-corrected chi connectivity index (χ1v) is 5.32. The summed E-state index contributed by atoms with van der Waals surface area (Å²) in [4.78, 5) is 0. The van der Waals surface area contributed by atoms with E-state index in [1.807, 2.05) is 30.3 Å². The second kappa shape index (κ2) is 5.17. The molecule has 0 aliphatic heterocycles. The molecule has 0 bridgehead atoms. The number of ether oxygens (including phenoxy) is 1. The van der Waals surface area contributed by atoms with Crippen LogP contribution in [-0.2, 0) is 0 Å². The van der Waals surface area contributed by atoms with E-state index in [2.05, 4.69) is 20.8 Å². The van der Waals surface area contributed by atoms with Crippen molar-refractivity contribution in [2.45, 2.75) is 20.8 Å². The maximum Gasteiger partial charge on any atom is 0.119 e. The smallest absolute Gasteiger partial charge is 0.119 e. The Bertz CT molecular complexity index is 274. The molecule has 15 heavy (non-hydrogen) atoms. The van der Waals surface area contributed by atoms with E-state index >= 15 is 0 Å². The summed E-state index contributed by atoms with van der Waals surface area (Å²) >= 11 is 0. The molecule has 84 valence electrons. The Morgan fingerprint density at radius 3 is 2.27 bits per heavy atom. The molecule has 0 radical (unpaired) electrons. The summed E-state index contributed by atoms with van der Waals surface area (Å²) in [7, 11) is 0. The van der Waals surface area contributed by atoms with Crippen LogP contribution < -0.4 is 4.74 Å². The normalized spacial score (nSPS) is 13.6. The van der Waals surface area contributed by atoms with Crippen molar-refractivity contribution >= 4 is 0 Å². The van der Waals surface area contributed by atoms with Crippen LogP contribution in [0.2, 0.25) is 0 Å². The highest BCUT2D eigenvalue weighted by Crippen LogP contribution is 2.26. The summed E-state index contributed by atoms with van der Waals surface area (Å²) in [5, 5.41) is 9.26. The maximum absolute atomic E-state index is 9.26. The van der Waals surface area contributed by atoms with Crippen molar-refractivity contribution in [1.29, 1.82) is 0 Å². The minimum absolute atomic E-state index is 0.0729. The van der Waals surface area contributed by atoms with Gasteiger partial charge in [-0.2, -0.15) is 0 Å².